The van der Waals surface area contributed by atoms with E-state index in [-0.39, 0.29) is 0 Å². The lowest BCUT2D eigenvalue weighted by Gasteiger charge is -2.20. The Hall–Kier alpha value is -1.03. The maximum atomic E-state index is 6.02. The Morgan fingerprint density at radius 2 is 1.94 bits per heavy atom. The highest BCUT2D eigenvalue weighted by molar-refractivity contribution is 7.99. The summed E-state index contributed by atoms with van der Waals surface area (Å²) in [6.07, 6.45) is 1.19. The van der Waals surface area contributed by atoms with E-state index in [0.29, 0.717) is 19.1 Å². The number of nitrogens with two attached hydrogens (primary N) is 1. The third-order valence-electron chi connectivity index (χ3n) is 2.89. The molecule has 0 radical (unpaired) electrons. The molecule has 4 heteroatoms. The molecule has 1 unspecified atom stereocenters. The number of hydrogen-bond donors (Lipinski definition) is 1. The fourth-order valence-electron chi connectivity index (χ4n) is 1.56. The number of benzene rings is 1. The molecule has 0 spiro atoms. The molecule has 94 valence electrons. The van der Waals surface area contributed by atoms with Crippen molar-refractivity contribution in [2.24, 2.45) is 5.92 Å². The zero-order valence-corrected chi connectivity index (χ0v) is 11.2. The van der Waals surface area contributed by atoms with E-state index in [0.717, 1.165) is 27.8 Å². The van der Waals surface area contributed by atoms with Crippen molar-refractivity contribution >= 4 is 17.4 Å². The van der Waals surface area contributed by atoms with Crippen LogP contribution in [0.4, 0.5) is 5.69 Å². The number of thioether (sulfide) groups is 1. The van der Waals surface area contributed by atoms with E-state index in [1.54, 1.807) is 11.8 Å². The highest BCUT2D eigenvalue weighted by Crippen LogP contribution is 2.39. The van der Waals surface area contributed by atoms with Crippen molar-refractivity contribution in [1.82, 2.24) is 0 Å². The van der Waals surface area contributed by atoms with Gasteiger partial charge < -0.3 is 15.2 Å². The van der Waals surface area contributed by atoms with Crippen LogP contribution in [0.2, 0.25) is 0 Å². The second-order valence-electron chi connectivity index (χ2n) is 4.36. The molecule has 1 atom stereocenters. The smallest absolute Gasteiger partial charge is 0.163 e. The van der Waals surface area contributed by atoms with Gasteiger partial charge in [0, 0.05) is 22.4 Å². The lowest BCUT2D eigenvalue weighted by molar-refractivity contribution is 0.171. The van der Waals surface area contributed by atoms with Crippen LogP contribution >= 0.6 is 11.8 Å². The van der Waals surface area contributed by atoms with Gasteiger partial charge in [-0.05, 0) is 12.0 Å². The zero-order valence-electron chi connectivity index (χ0n) is 10.4. The van der Waals surface area contributed by atoms with Gasteiger partial charge in [0.05, 0.1) is 0 Å². The lowest BCUT2D eigenvalue weighted by atomic mass is 10.2. The monoisotopic (exact) mass is 253 g/mol. The zero-order chi connectivity index (χ0) is 12.3. The van der Waals surface area contributed by atoms with Gasteiger partial charge in [-0.1, -0.05) is 20.3 Å². The Kier molecular flexibility index (Phi) is 4.05. The standard InChI is InChI=1S/C13H19NO2S/c1-3-9(2)8-17-13-7-12-11(6-10(13)14)15-4-5-16-12/h6-7,9H,3-5,8,14H2,1-2H3. The summed E-state index contributed by atoms with van der Waals surface area (Å²) >= 11 is 1.79. The SMILES string of the molecule is CCC(C)CSc1cc2c(cc1N)OCCO2. The molecule has 1 aliphatic rings. The third kappa shape index (κ3) is 3.00. The van der Waals surface area contributed by atoms with Crippen LogP contribution < -0.4 is 15.2 Å². The van der Waals surface area contributed by atoms with Crippen molar-refractivity contribution in [2.75, 3.05) is 24.7 Å². The molecule has 2 rings (SSSR count). The lowest BCUT2D eigenvalue weighted by Crippen LogP contribution is -2.15. The number of rotatable bonds is 4. The average Bonchev–Trinajstić information content (AvgIpc) is 2.35. The van der Waals surface area contributed by atoms with Crippen LogP contribution in [0, 0.1) is 5.92 Å². The molecular weight excluding hydrogens is 234 g/mol. The maximum Gasteiger partial charge on any atom is 0.163 e. The Bertz CT molecular complexity index is 395. The number of anilines is 1. The second kappa shape index (κ2) is 5.54. The van der Waals surface area contributed by atoms with Crippen molar-refractivity contribution in [3.05, 3.63) is 12.1 Å². The van der Waals surface area contributed by atoms with Crippen molar-refractivity contribution in [1.29, 1.82) is 0 Å². The Morgan fingerprint density at radius 3 is 2.59 bits per heavy atom. The summed E-state index contributed by atoms with van der Waals surface area (Å²) < 4.78 is 11.1. The highest BCUT2D eigenvalue weighted by atomic mass is 32.2. The van der Waals surface area contributed by atoms with Crippen molar-refractivity contribution in [3.63, 3.8) is 0 Å². The first-order valence-corrected chi connectivity index (χ1v) is 7.01. The van der Waals surface area contributed by atoms with E-state index in [2.05, 4.69) is 13.8 Å². The number of hydrogen-bond acceptors (Lipinski definition) is 4. The van der Waals surface area contributed by atoms with Gasteiger partial charge in [-0.25, -0.2) is 0 Å². The fraction of sp³-hybridized carbons (Fsp3) is 0.538. The first kappa shape index (κ1) is 12.4. The van der Waals surface area contributed by atoms with Gasteiger partial charge in [0.1, 0.15) is 13.2 Å². The highest BCUT2D eigenvalue weighted by Gasteiger charge is 2.15. The molecule has 0 saturated heterocycles. The molecule has 1 aromatic rings. The largest absolute Gasteiger partial charge is 0.486 e. The molecule has 1 aliphatic heterocycles. The predicted octanol–water partition coefficient (Wildman–Crippen LogP) is 3.18. The molecule has 0 bridgehead atoms. The van der Waals surface area contributed by atoms with Gasteiger partial charge in [0.2, 0.25) is 0 Å². The molecule has 0 amide bonds. The van der Waals surface area contributed by atoms with Crippen molar-refractivity contribution in [2.45, 2.75) is 25.2 Å². The van der Waals surface area contributed by atoms with Gasteiger partial charge in [-0.3, -0.25) is 0 Å². The summed E-state index contributed by atoms with van der Waals surface area (Å²) in [5.41, 5.74) is 6.80. The maximum absolute atomic E-state index is 6.02. The fourth-order valence-corrected chi connectivity index (χ4v) is 2.68. The molecule has 1 aromatic carbocycles. The summed E-state index contributed by atoms with van der Waals surface area (Å²) in [5.74, 6) is 3.37. The van der Waals surface area contributed by atoms with E-state index >= 15 is 0 Å². The molecule has 0 fully saturated rings. The Labute approximate surface area is 107 Å². The summed E-state index contributed by atoms with van der Waals surface area (Å²) in [4.78, 5) is 1.09. The van der Waals surface area contributed by atoms with E-state index < -0.39 is 0 Å². The van der Waals surface area contributed by atoms with Gasteiger partial charge in [-0.2, -0.15) is 0 Å². The first-order chi connectivity index (χ1) is 8.20. The molecule has 0 saturated carbocycles. The Morgan fingerprint density at radius 1 is 1.29 bits per heavy atom. The summed E-state index contributed by atoms with van der Waals surface area (Å²) in [5, 5.41) is 0. The van der Waals surface area contributed by atoms with E-state index in [1.807, 2.05) is 12.1 Å². The average molecular weight is 253 g/mol. The molecular formula is C13H19NO2S. The molecule has 1 heterocycles. The molecule has 0 aromatic heterocycles. The van der Waals surface area contributed by atoms with Crippen LogP contribution in [-0.2, 0) is 0 Å². The van der Waals surface area contributed by atoms with Crippen molar-refractivity contribution < 1.29 is 9.47 Å². The van der Waals surface area contributed by atoms with Gasteiger partial charge in [0.25, 0.3) is 0 Å². The van der Waals surface area contributed by atoms with Crippen LogP contribution in [0.3, 0.4) is 0 Å². The topological polar surface area (TPSA) is 44.5 Å². The molecule has 3 nitrogen and oxygen atoms in total. The van der Waals surface area contributed by atoms with Crippen LogP contribution in [0.15, 0.2) is 17.0 Å². The summed E-state index contributed by atoms with van der Waals surface area (Å²) in [6.45, 7) is 5.68. The second-order valence-corrected chi connectivity index (χ2v) is 5.42. The number of fused-ring (bicyclic) bond motifs is 1. The minimum Gasteiger partial charge on any atom is -0.486 e. The minimum atomic E-state index is 0.603. The van der Waals surface area contributed by atoms with E-state index in [4.69, 9.17) is 15.2 Å². The quantitative estimate of drug-likeness (QED) is 0.661. The van der Waals surface area contributed by atoms with Gasteiger partial charge in [0.15, 0.2) is 11.5 Å². The van der Waals surface area contributed by atoms with E-state index in [1.165, 1.54) is 6.42 Å². The van der Waals surface area contributed by atoms with E-state index in [9.17, 15) is 0 Å². The molecule has 2 N–H and O–H groups in total. The van der Waals surface area contributed by atoms with Crippen LogP contribution in [0.25, 0.3) is 0 Å². The Balaban J connectivity index is 2.11. The van der Waals surface area contributed by atoms with Gasteiger partial charge in [-0.15, -0.1) is 11.8 Å². The summed E-state index contributed by atoms with van der Waals surface area (Å²) in [7, 11) is 0. The third-order valence-corrected chi connectivity index (χ3v) is 4.30. The normalized spacial score (nSPS) is 15.6. The number of ether oxygens (including phenoxy) is 2. The van der Waals surface area contributed by atoms with Crippen molar-refractivity contribution in [3.8, 4) is 11.5 Å². The number of nitrogen functional groups attached to an aromatic ring is 1. The molecule has 0 aliphatic carbocycles. The summed E-state index contributed by atoms with van der Waals surface area (Å²) in [6, 6.07) is 3.87. The minimum absolute atomic E-state index is 0.603. The van der Waals surface area contributed by atoms with Crippen LogP contribution in [-0.4, -0.2) is 19.0 Å². The van der Waals surface area contributed by atoms with Crippen LogP contribution in [0.1, 0.15) is 20.3 Å². The molecule has 17 heavy (non-hydrogen) atoms. The first-order valence-electron chi connectivity index (χ1n) is 6.02. The van der Waals surface area contributed by atoms with Gasteiger partial charge >= 0.3 is 0 Å². The van der Waals surface area contributed by atoms with Crippen LogP contribution in [0.5, 0.6) is 11.5 Å². The predicted molar refractivity (Wildman–Crippen MR) is 72.0 cm³/mol.